The highest BCUT2D eigenvalue weighted by molar-refractivity contribution is 7.89. The predicted molar refractivity (Wildman–Crippen MR) is 139 cm³/mol. The summed E-state index contributed by atoms with van der Waals surface area (Å²) in [5, 5.41) is 37.3. The topological polar surface area (TPSA) is 166 Å². The molecule has 1 atom stereocenters. The molecule has 1 unspecified atom stereocenters. The van der Waals surface area contributed by atoms with E-state index in [4.69, 9.17) is 9.84 Å². The fraction of sp³-hybridized carbons (Fsp3) is 0.520. The standard InChI is InChI=1S/C25H35N5O6S/c1-4-6-7-19(5-2)17-30-24(32)22(16-26)18(3)23(25(30)33)29-28-20-8-10-21(11-9-20)37(34,35)27-12-14-36-15-13-31/h8-11,19,27,31,33H,4-7,12-15,17H2,1-3H3/b29-28+. The fourth-order valence-electron chi connectivity index (χ4n) is 3.70. The van der Waals surface area contributed by atoms with E-state index in [1.54, 1.807) is 0 Å². The van der Waals surface area contributed by atoms with Crippen molar-refractivity contribution in [2.45, 2.75) is 57.9 Å². The lowest BCUT2D eigenvalue weighted by molar-refractivity contribution is 0.0961. The second kappa shape index (κ2) is 14.6. The monoisotopic (exact) mass is 533 g/mol. The molecule has 37 heavy (non-hydrogen) atoms. The molecule has 0 radical (unpaired) electrons. The summed E-state index contributed by atoms with van der Waals surface area (Å²) in [5.74, 6) is -0.195. The van der Waals surface area contributed by atoms with Crippen LogP contribution < -0.4 is 10.3 Å². The van der Waals surface area contributed by atoms with Crippen LogP contribution in [0.5, 0.6) is 5.88 Å². The van der Waals surface area contributed by atoms with Crippen molar-refractivity contribution in [3.8, 4) is 11.9 Å². The van der Waals surface area contributed by atoms with Gasteiger partial charge in [-0.1, -0.05) is 33.1 Å². The first-order valence-corrected chi connectivity index (χ1v) is 13.7. The van der Waals surface area contributed by atoms with Crippen LogP contribution in [0.4, 0.5) is 11.4 Å². The summed E-state index contributed by atoms with van der Waals surface area (Å²) in [6.45, 7) is 6.06. The van der Waals surface area contributed by atoms with Crippen molar-refractivity contribution >= 4 is 21.4 Å². The number of rotatable bonds is 15. The van der Waals surface area contributed by atoms with E-state index in [0.29, 0.717) is 5.69 Å². The zero-order chi connectivity index (χ0) is 27.4. The molecule has 2 rings (SSSR count). The van der Waals surface area contributed by atoms with Gasteiger partial charge in [0, 0.05) is 18.7 Å². The number of hydrogen-bond donors (Lipinski definition) is 3. The summed E-state index contributed by atoms with van der Waals surface area (Å²) in [6, 6.07) is 7.54. The van der Waals surface area contributed by atoms with E-state index in [1.807, 2.05) is 13.0 Å². The lowest BCUT2D eigenvalue weighted by Gasteiger charge is -2.19. The van der Waals surface area contributed by atoms with Crippen LogP contribution in [-0.2, 0) is 21.3 Å². The second-order valence-corrected chi connectivity index (χ2v) is 10.3. The summed E-state index contributed by atoms with van der Waals surface area (Å²) in [4.78, 5) is 12.9. The Balaban J connectivity index is 2.29. The Morgan fingerprint density at radius 3 is 2.49 bits per heavy atom. The van der Waals surface area contributed by atoms with Gasteiger partial charge in [0.15, 0.2) is 5.69 Å². The minimum Gasteiger partial charge on any atom is -0.493 e. The number of nitrogens with zero attached hydrogens (tertiary/aromatic N) is 4. The summed E-state index contributed by atoms with van der Waals surface area (Å²) < 4.78 is 33.4. The number of ether oxygens (including phenoxy) is 1. The molecule has 0 amide bonds. The Kier molecular flexibility index (Phi) is 11.9. The van der Waals surface area contributed by atoms with E-state index in [-0.39, 0.29) is 66.4 Å². The van der Waals surface area contributed by atoms with Gasteiger partial charge in [0.1, 0.15) is 11.6 Å². The number of aromatic hydroxyl groups is 1. The Hall–Kier alpha value is -3.11. The zero-order valence-corrected chi connectivity index (χ0v) is 22.3. The van der Waals surface area contributed by atoms with Crippen LogP contribution in [0.2, 0.25) is 0 Å². The average molecular weight is 534 g/mol. The molecule has 0 aliphatic carbocycles. The van der Waals surface area contributed by atoms with E-state index in [1.165, 1.54) is 35.8 Å². The molecule has 0 spiro atoms. The molecular weight excluding hydrogens is 498 g/mol. The van der Waals surface area contributed by atoms with Crippen LogP contribution in [0.3, 0.4) is 0 Å². The molecule has 0 fully saturated rings. The van der Waals surface area contributed by atoms with Crippen LogP contribution in [-0.4, -0.2) is 49.6 Å². The maximum atomic E-state index is 12.9. The molecule has 1 aromatic heterocycles. The molecule has 12 heteroatoms. The molecule has 0 saturated heterocycles. The van der Waals surface area contributed by atoms with E-state index < -0.39 is 15.6 Å². The average Bonchev–Trinajstić information content (AvgIpc) is 2.88. The maximum absolute atomic E-state index is 12.9. The number of nitrogens with one attached hydrogen (secondary N) is 1. The molecule has 1 heterocycles. The van der Waals surface area contributed by atoms with Gasteiger partial charge < -0.3 is 14.9 Å². The fourth-order valence-corrected chi connectivity index (χ4v) is 4.71. The first kappa shape index (κ1) is 30.1. The zero-order valence-electron chi connectivity index (χ0n) is 21.5. The van der Waals surface area contributed by atoms with Crippen molar-refractivity contribution in [1.82, 2.24) is 9.29 Å². The number of benzene rings is 1. The molecule has 0 saturated carbocycles. The van der Waals surface area contributed by atoms with Crippen molar-refractivity contribution in [1.29, 1.82) is 5.26 Å². The minimum absolute atomic E-state index is 0.0164. The molecular formula is C25H35N5O6S. The molecule has 0 bridgehead atoms. The predicted octanol–water partition coefficient (Wildman–Crippen LogP) is 3.65. The third-order valence-electron chi connectivity index (χ3n) is 5.94. The van der Waals surface area contributed by atoms with Gasteiger partial charge in [-0.05, 0) is 43.5 Å². The number of unbranched alkanes of at least 4 members (excludes halogenated alkanes) is 1. The van der Waals surface area contributed by atoms with Gasteiger partial charge in [-0.2, -0.15) is 10.4 Å². The molecule has 0 aliphatic heterocycles. The van der Waals surface area contributed by atoms with Crippen LogP contribution in [0, 0.1) is 24.2 Å². The van der Waals surface area contributed by atoms with Gasteiger partial charge in [0.05, 0.1) is 30.4 Å². The highest BCUT2D eigenvalue weighted by Gasteiger charge is 2.21. The lowest BCUT2D eigenvalue weighted by Crippen LogP contribution is -2.27. The number of aliphatic hydroxyl groups excluding tert-OH is 1. The summed E-state index contributed by atoms with van der Waals surface area (Å²) in [6.07, 6.45) is 3.73. The Labute approximate surface area is 217 Å². The number of aromatic nitrogens is 1. The van der Waals surface area contributed by atoms with Crippen molar-refractivity contribution in [2.75, 3.05) is 26.4 Å². The van der Waals surface area contributed by atoms with E-state index in [9.17, 15) is 23.6 Å². The first-order valence-electron chi connectivity index (χ1n) is 12.3. The number of nitriles is 1. The molecule has 2 aromatic rings. The summed E-state index contributed by atoms with van der Waals surface area (Å²) in [5.41, 5.74) is -0.112. The Bertz CT molecular complexity index is 1270. The lowest BCUT2D eigenvalue weighted by atomic mass is 9.99. The third kappa shape index (κ3) is 8.19. The third-order valence-corrected chi connectivity index (χ3v) is 7.42. The van der Waals surface area contributed by atoms with Gasteiger partial charge in [-0.15, -0.1) is 5.11 Å². The quantitative estimate of drug-likeness (QED) is 0.232. The first-order chi connectivity index (χ1) is 17.7. The molecule has 1 aromatic carbocycles. The van der Waals surface area contributed by atoms with Crippen LogP contribution in [0.15, 0.2) is 44.2 Å². The van der Waals surface area contributed by atoms with Gasteiger partial charge >= 0.3 is 0 Å². The normalized spacial score (nSPS) is 12.6. The number of aliphatic hydroxyl groups is 1. The van der Waals surface area contributed by atoms with E-state index in [2.05, 4.69) is 21.9 Å². The largest absolute Gasteiger partial charge is 0.493 e. The van der Waals surface area contributed by atoms with Crippen molar-refractivity contribution < 1.29 is 23.4 Å². The Morgan fingerprint density at radius 2 is 1.89 bits per heavy atom. The summed E-state index contributed by atoms with van der Waals surface area (Å²) in [7, 11) is -3.76. The van der Waals surface area contributed by atoms with Crippen molar-refractivity contribution in [2.24, 2.45) is 16.1 Å². The maximum Gasteiger partial charge on any atom is 0.271 e. The van der Waals surface area contributed by atoms with Crippen molar-refractivity contribution in [3.05, 3.63) is 45.7 Å². The molecule has 3 N–H and O–H groups in total. The SMILES string of the molecule is CCCCC(CC)Cn1c(O)c(/N=N/c2ccc(S(=O)(=O)NCCOCCO)cc2)c(C)c(C#N)c1=O. The van der Waals surface area contributed by atoms with E-state index >= 15 is 0 Å². The number of hydrogen-bond acceptors (Lipinski definition) is 9. The molecule has 0 aliphatic rings. The number of sulfonamides is 1. The van der Waals surface area contributed by atoms with Crippen LogP contribution in [0.25, 0.3) is 0 Å². The van der Waals surface area contributed by atoms with Gasteiger partial charge in [-0.25, -0.2) is 13.1 Å². The summed E-state index contributed by atoms with van der Waals surface area (Å²) >= 11 is 0. The second-order valence-electron chi connectivity index (χ2n) is 8.54. The molecule has 202 valence electrons. The van der Waals surface area contributed by atoms with Crippen molar-refractivity contribution in [3.63, 3.8) is 0 Å². The highest BCUT2D eigenvalue weighted by Crippen LogP contribution is 2.33. The van der Waals surface area contributed by atoms with Crippen LogP contribution >= 0.6 is 0 Å². The van der Waals surface area contributed by atoms with Gasteiger partial charge in [0.2, 0.25) is 15.9 Å². The molecule has 11 nitrogen and oxygen atoms in total. The highest BCUT2D eigenvalue weighted by atomic mass is 32.2. The smallest absolute Gasteiger partial charge is 0.271 e. The van der Waals surface area contributed by atoms with E-state index in [0.717, 1.165) is 25.7 Å². The Morgan fingerprint density at radius 1 is 1.19 bits per heavy atom. The number of pyridine rings is 1. The number of azo groups is 1. The minimum atomic E-state index is -3.76. The van der Waals surface area contributed by atoms with Gasteiger partial charge in [0.25, 0.3) is 5.56 Å². The van der Waals surface area contributed by atoms with Gasteiger partial charge in [-0.3, -0.25) is 9.36 Å². The van der Waals surface area contributed by atoms with Crippen LogP contribution in [0.1, 0.15) is 50.7 Å².